The van der Waals surface area contributed by atoms with Crippen molar-refractivity contribution in [2.24, 2.45) is 0 Å². The fourth-order valence-electron chi connectivity index (χ4n) is 7.03. The number of allylic oxidation sites excluding steroid dienone is 1. The van der Waals surface area contributed by atoms with Crippen molar-refractivity contribution in [1.29, 1.82) is 0 Å². The van der Waals surface area contributed by atoms with Crippen molar-refractivity contribution < 1.29 is 42.9 Å². The van der Waals surface area contributed by atoms with Gasteiger partial charge in [-0.05, 0) is 87.1 Å². The highest BCUT2D eigenvalue weighted by Gasteiger charge is 2.62. The van der Waals surface area contributed by atoms with Gasteiger partial charge < -0.3 is 24.3 Å². The first-order valence-corrected chi connectivity index (χ1v) is 20.8. The lowest BCUT2D eigenvalue weighted by Crippen LogP contribution is -2.63. The van der Waals surface area contributed by atoms with Crippen LogP contribution in [-0.2, 0) is 23.7 Å². The SMILES string of the molecule is CCCCCCC(CCCCCC/C=C/C[C@H]1OC(=O)[C@@](COC(=O)c2ccccc2)(NC(=O)c2ccccc2)[C@H]1OC(=O)c1ccccc1)OC(=O)c1ccccc1. The molecule has 1 heterocycles. The van der Waals surface area contributed by atoms with E-state index in [4.69, 9.17) is 18.9 Å². The molecule has 0 saturated carbocycles. The van der Waals surface area contributed by atoms with E-state index >= 15 is 0 Å². The molecule has 10 nitrogen and oxygen atoms in total. The highest BCUT2D eigenvalue weighted by molar-refractivity contribution is 6.00. The summed E-state index contributed by atoms with van der Waals surface area (Å²) < 4.78 is 23.5. The minimum Gasteiger partial charge on any atom is -0.459 e. The third-order valence-corrected chi connectivity index (χ3v) is 10.3. The number of carbonyl (C=O) groups is 5. The summed E-state index contributed by atoms with van der Waals surface area (Å²) in [5, 5.41) is 2.76. The fourth-order valence-corrected chi connectivity index (χ4v) is 7.03. The second-order valence-corrected chi connectivity index (χ2v) is 14.8. The number of carbonyl (C=O) groups excluding carboxylic acids is 5. The Labute approximate surface area is 347 Å². The number of cyclic esters (lactones) is 1. The molecule has 5 rings (SSSR count). The number of unbranched alkanes of at least 4 members (excludes halogenated alkanes) is 7. The van der Waals surface area contributed by atoms with Crippen molar-refractivity contribution in [3.05, 3.63) is 156 Å². The molecule has 0 aromatic heterocycles. The van der Waals surface area contributed by atoms with Gasteiger partial charge in [0.25, 0.3) is 5.91 Å². The Morgan fingerprint density at radius 2 is 1.15 bits per heavy atom. The van der Waals surface area contributed by atoms with Gasteiger partial charge in [0.05, 0.1) is 16.7 Å². The summed E-state index contributed by atoms with van der Waals surface area (Å²) in [4.78, 5) is 67.1. The molecule has 4 aromatic rings. The van der Waals surface area contributed by atoms with E-state index in [1.165, 1.54) is 6.42 Å². The maximum absolute atomic E-state index is 14.0. The lowest BCUT2D eigenvalue weighted by Gasteiger charge is -2.32. The molecule has 1 aliphatic heterocycles. The van der Waals surface area contributed by atoms with Crippen LogP contribution in [0.1, 0.15) is 125 Å². The number of nitrogens with one attached hydrogen (secondary N) is 1. The molecule has 1 saturated heterocycles. The summed E-state index contributed by atoms with van der Waals surface area (Å²) in [7, 11) is 0. The molecule has 0 radical (unpaired) electrons. The molecule has 10 heteroatoms. The molecule has 1 unspecified atom stereocenters. The molecule has 0 aliphatic carbocycles. The Hall–Kier alpha value is -6.03. The maximum Gasteiger partial charge on any atom is 0.340 e. The van der Waals surface area contributed by atoms with Gasteiger partial charge in [-0.15, -0.1) is 0 Å². The molecule has 59 heavy (non-hydrogen) atoms. The predicted octanol–water partition coefficient (Wildman–Crippen LogP) is 9.65. The Balaban J connectivity index is 1.22. The molecule has 4 atom stereocenters. The minimum absolute atomic E-state index is 0.107. The highest BCUT2D eigenvalue weighted by Crippen LogP contribution is 2.34. The summed E-state index contributed by atoms with van der Waals surface area (Å²) in [6, 6.07) is 34.0. The molecule has 4 aromatic carbocycles. The van der Waals surface area contributed by atoms with Crippen molar-refractivity contribution in [3.8, 4) is 0 Å². The van der Waals surface area contributed by atoms with Crippen LogP contribution in [-0.4, -0.2) is 60.2 Å². The van der Waals surface area contributed by atoms with Crippen molar-refractivity contribution in [1.82, 2.24) is 5.32 Å². The Bertz CT molecular complexity index is 1950. The standard InChI is InChI=1S/C49H55NO9/c1-2-3-4-22-33-41(57-46(53)39-29-18-12-19-30-39)34-23-8-6-5-7-9-24-35-42-43(59-47(54)40-31-20-13-21-32-40)49(48(55)58-42,50-44(51)37-25-14-10-15-26-37)36-56-45(52)38-27-16-11-17-28-38/h9-21,24-32,41-43H,2-8,22-23,33-36H2,1H3,(H,50,51)/b24-9+/t41?,42-,43+,49+/m1/s1. The molecule has 1 fully saturated rings. The molecular formula is C49H55NO9. The zero-order valence-electron chi connectivity index (χ0n) is 33.8. The highest BCUT2D eigenvalue weighted by atomic mass is 16.6. The van der Waals surface area contributed by atoms with Crippen molar-refractivity contribution in [3.63, 3.8) is 0 Å². The number of rotatable bonds is 23. The van der Waals surface area contributed by atoms with Gasteiger partial charge in [-0.1, -0.05) is 124 Å². The molecule has 310 valence electrons. The third kappa shape index (κ3) is 13.2. The van der Waals surface area contributed by atoms with E-state index in [-0.39, 0.29) is 35.2 Å². The molecule has 0 spiro atoms. The lowest BCUT2D eigenvalue weighted by molar-refractivity contribution is -0.147. The van der Waals surface area contributed by atoms with E-state index in [9.17, 15) is 24.0 Å². The Morgan fingerprint density at radius 1 is 0.644 bits per heavy atom. The summed E-state index contributed by atoms with van der Waals surface area (Å²) in [5.74, 6) is -3.24. The van der Waals surface area contributed by atoms with Crippen LogP contribution in [0.4, 0.5) is 0 Å². The van der Waals surface area contributed by atoms with Crippen LogP contribution in [0.5, 0.6) is 0 Å². The number of esters is 4. The van der Waals surface area contributed by atoms with Gasteiger partial charge in [0, 0.05) is 12.0 Å². The van der Waals surface area contributed by atoms with Crippen LogP contribution in [0, 0.1) is 0 Å². The normalized spacial score (nSPS) is 17.8. The monoisotopic (exact) mass is 801 g/mol. The Morgan fingerprint density at radius 3 is 1.73 bits per heavy atom. The predicted molar refractivity (Wildman–Crippen MR) is 225 cm³/mol. The van der Waals surface area contributed by atoms with E-state index in [2.05, 4.69) is 12.2 Å². The van der Waals surface area contributed by atoms with Crippen LogP contribution < -0.4 is 5.32 Å². The van der Waals surface area contributed by atoms with Crippen molar-refractivity contribution >= 4 is 29.8 Å². The lowest BCUT2D eigenvalue weighted by atomic mass is 9.90. The van der Waals surface area contributed by atoms with Crippen LogP contribution >= 0.6 is 0 Å². The number of ether oxygens (including phenoxy) is 4. The Kier molecular flexibility index (Phi) is 17.5. The van der Waals surface area contributed by atoms with Crippen molar-refractivity contribution in [2.75, 3.05) is 6.61 Å². The zero-order valence-corrected chi connectivity index (χ0v) is 33.8. The number of benzene rings is 4. The third-order valence-electron chi connectivity index (χ3n) is 10.3. The number of amides is 1. The van der Waals surface area contributed by atoms with E-state index in [1.807, 2.05) is 30.4 Å². The first-order chi connectivity index (χ1) is 28.8. The first-order valence-electron chi connectivity index (χ1n) is 20.8. The van der Waals surface area contributed by atoms with Gasteiger partial charge in [0.1, 0.15) is 18.8 Å². The zero-order chi connectivity index (χ0) is 41.7. The summed E-state index contributed by atoms with van der Waals surface area (Å²) in [5.41, 5.74) is -0.748. The fraction of sp³-hybridized carbons (Fsp3) is 0.367. The van der Waals surface area contributed by atoms with Gasteiger partial charge in [0.2, 0.25) is 5.54 Å². The molecule has 1 N–H and O–H groups in total. The summed E-state index contributed by atoms with van der Waals surface area (Å²) in [6.07, 6.45) is 12.4. The first kappa shape index (κ1) is 44.1. The van der Waals surface area contributed by atoms with E-state index < -0.39 is 48.2 Å². The van der Waals surface area contributed by atoms with E-state index in [0.717, 1.165) is 64.2 Å². The van der Waals surface area contributed by atoms with E-state index in [0.29, 0.717) is 5.56 Å². The smallest absolute Gasteiger partial charge is 0.340 e. The van der Waals surface area contributed by atoms with Gasteiger partial charge in [-0.25, -0.2) is 19.2 Å². The average Bonchev–Trinajstić information content (AvgIpc) is 3.52. The quantitative estimate of drug-likeness (QED) is 0.0337. The van der Waals surface area contributed by atoms with Gasteiger partial charge in [-0.2, -0.15) is 0 Å². The van der Waals surface area contributed by atoms with Gasteiger partial charge in [-0.3, -0.25) is 4.79 Å². The van der Waals surface area contributed by atoms with Crippen molar-refractivity contribution in [2.45, 2.75) is 108 Å². The van der Waals surface area contributed by atoms with E-state index in [1.54, 1.807) is 103 Å². The second kappa shape index (κ2) is 23.4. The maximum atomic E-state index is 14.0. The summed E-state index contributed by atoms with van der Waals surface area (Å²) in [6.45, 7) is 1.54. The van der Waals surface area contributed by atoms with Crippen LogP contribution in [0.15, 0.2) is 133 Å². The minimum atomic E-state index is -2.05. The second-order valence-electron chi connectivity index (χ2n) is 14.8. The van der Waals surface area contributed by atoms with Crippen LogP contribution in [0.2, 0.25) is 0 Å². The average molecular weight is 802 g/mol. The molecule has 1 aliphatic rings. The largest absolute Gasteiger partial charge is 0.459 e. The molecule has 1 amide bonds. The number of hydrogen-bond acceptors (Lipinski definition) is 9. The van der Waals surface area contributed by atoms with Crippen LogP contribution in [0.25, 0.3) is 0 Å². The molecule has 0 bridgehead atoms. The van der Waals surface area contributed by atoms with Crippen LogP contribution in [0.3, 0.4) is 0 Å². The summed E-state index contributed by atoms with van der Waals surface area (Å²) >= 11 is 0. The van der Waals surface area contributed by atoms with Gasteiger partial charge >= 0.3 is 23.9 Å². The van der Waals surface area contributed by atoms with Gasteiger partial charge in [0.15, 0.2) is 6.10 Å². The molecular weight excluding hydrogens is 747 g/mol. The topological polar surface area (TPSA) is 134 Å². The number of hydrogen-bond donors (Lipinski definition) is 1.